The molecule has 5 heteroatoms. The normalized spacial score (nSPS) is 17.1. The van der Waals surface area contributed by atoms with Gasteiger partial charge in [-0.2, -0.15) is 0 Å². The minimum Gasteiger partial charge on any atom is -0.481 e. The number of hydrogen-bond donors (Lipinski definition) is 2. The third-order valence-electron chi connectivity index (χ3n) is 5.48. The van der Waals surface area contributed by atoms with Crippen molar-refractivity contribution in [3.8, 4) is 0 Å². The number of benzene rings is 2. The minimum atomic E-state index is -0.868. The molecule has 1 aliphatic heterocycles. The molecule has 1 unspecified atom stereocenters. The summed E-state index contributed by atoms with van der Waals surface area (Å²) in [5, 5.41) is 12.2. The Morgan fingerprint density at radius 1 is 1.07 bits per heavy atom. The van der Waals surface area contributed by atoms with Gasteiger partial charge in [0.05, 0.1) is 11.3 Å². The van der Waals surface area contributed by atoms with Gasteiger partial charge >= 0.3 is 5.97 Å². The fourth-order valence-corrected chi connectivity index (χ4v) is 3.70. The van der Waals surface area contributed by atoms with Crippen LogP contribution in [0.1, 0.15) is 42.4 Å². The average Bonchev–Trinajstić information content (AvgIpc) is 2.68. The molecule has 1 heterocycles. The molecule has 2 aromatic rings. The number of aryl methyl sites for hydroxylation is 1. The van der Waals surface area contributed by atoms with E-state index in [1.165, 1.54) is 0 Å². The SMILES string of the molecule is Cc1ccccc1C1(C(=O)Nc2ccc(C(C)C(=O)O)cc2)CCOCC1. The summed E-state index contributed by atoms with van der Waals surface area (Å²) in [6.07, 6.45) is 1.27. The maximum absolute atomic E-state index is 13.3. The summed E-state index contributed by atoms with van der Waals surface area (Å²) in [5.41, 5.74) is 2.90. The lowest BCUT2D eigenvalue weighted by atomic mass is 9.71. The number of anilines is 1. The molecule has 0 aliphatic carbocycles. The van der Waals surface area contributed by atoms with Gasteiger partial charge in [0.25, 0.3) is 0 Å². The third kappa shape index (κ3) is 3.88. The zero-order chi connectivity index (χ0) is 19.4. The third-order valence-corrected chi connectivity index (χ3v) is 5.48. The molecule has 0 bridgehead atoms. The first-order valence-corrected chi connectivity index (χ1v) is 9.22. The Bertz CT molecular complexity index is 822. The predicted molar refractivity (Wildman–Crippen MR) is 104 cm³/mol. The summed E-state index contributed by atoms with van der Waals surface area (Å²) >= 11 is 0. The van der Waals surface area contributed by atoms with E-state index in [0.717, 1.165) is 11.1 Å². The molecule has 0 radical (unpaired) electrons. The number of ether oxygens (including phenoxy) is 1. The van der Waals surface area contributed by atoms with Crippen LogP contribution in [-0.2, 0) is 19.7 Å². The van der Waals surface area contributed by atoms with E-state index in [2.05, 4.69) is 5.32 Å². The lowest BCUT2D eigenvalue weighted by Crippen LogP contribution is -2.45. The lowest BCUT2D eigenvalue weighted by molar-refractivity contribution is -0.138. The van der Waals surface area contributed by atoms with Gasteiger partial charge in [-0.05, 0) is 55.5 Å². The molecule has 3 rings (SSSR count). The van der Waals surface area contributed by atoms with Crippen molar-refractivity contribution in [2.45, 2.75) is 38.0 Å². The van der Waals surface area contributed by atoms with Crippen LogP contribution in [0.2, 0.25) is 0 Å². The van der Waals surface area contributed by atoms with Crippen molar-refractivity contribution in [1.82, 2.24) is 0 Å². The van der Waals surface area contributed by atoms with Gasteiger partial charge in [0.1, 0.15) is 0 Å². The van der Waals surface area contributed by atoms with Crippen molar-refractivity contribution in [1.29, 1.82) is 0 Å². The van der Waals surface area contributed by atoms with Crippen LogP contribution < -0.4 is 5.32 Å². The largest absolute Gasteiger partial charge is 0.481 e. The van der Waals surface area contributed by atoms with Crippen LogP contribution in [0.5, 0.6) is 0 Å². The predicted octanol–water partition coefficient (Wildman–Crippen LogP) is 3.87. The van der Waals surface area contributed by atoms with Crippen LogP contribution in [0.3, 0.4) is 0 Å². The van der Waals surface area contributed by atoms with Gasteiger partial charge < -0.3 is 15.2 Å². The monoisotopic (exact) mass is 367 g/mol. The maximum atomic E-state index is 13.3. The minimum absolute atomic E-state index is 0.0425. The van der Waals surface area contributed by atoms with Crippen molar-refractivity contribution >= 4 is 17.6 Å². The highest BCUT2D eigenvalue weighted by Gasteiger charge is 2.42. The van der Waals surface area contributed by atoms with Crippen LogP contribution in [-0.4, -0.2) is 30.2 Å². The highest BCUT2D eigenvalue weighted by atomic mass is 16.5. The maximum Gasteiger partial charge on any atom is 0.310 e. The number of carbonyl (C=O) groups excluding carboxylic acids is 1. The van der Waals surface area contributed by atoms with Crippen molar-refractivity contribution in [2.24, 2.45) is 0 Å². The molecule has 1 amide bonds. The molecule has 2 N–H and O–H groups in total. The van der Waals surface area contributed by atoms with Gasteiger partial charge in [0.2, 0.25) is 5.91 Å². The fraction of sp³-hybridized carbons (Fsp3) is 0.364. The first-order chi connectivity index (χ1) is 12.9. The Morgan fingerprint density at radius 2 is 1.70 bits per heavy atom. The standard InChI is InChI=1S/C22H25NO4/c1-15-5-3-4-6-19(15)22(11-13-27-14-12-22)21(26)23-18-9-7-17(8-10-18)16(2)20(24)25/h3-10,16H,11-14H2,1-2H3,(H,23,26)(H,24,25). The second-order valence-corrected chi connectivity index (χ2v) is 7.15. The molecule has 5 nitrogen and oxygen atoms in total. The Morgan fingerprint density at radius 3 is 2.30 bits per heavy atom. The van der Waals surface area contributed by atoms with Gasteiger partial charge in [-0.25, -0.2) is 0 Å². The second kappa shape index (κ2) is 7.92. The van der Waals surface area contributed by atoms with Crippen molar-refractivity contribution in [3.63, 3.8) is 0 Å². The number of carbonyl (C=O) groups is 2. The molecule has 1 fully saturated rings. The van der Waals surface area contributed by atoms with E-state index in [1.54, 1.807) is 31.2 Å². The first-order valence-electron chi connectivity index (χ1n) is 9.22. The highest BCUT2D eigenvalue weighted by Crippen LogP contribution is 2.38. The van der Waals surface area contributed by atoms with Crippen LogP contribution >= 0.6 is 0 Å². The van der Waals surface area contributed by atoms with Crippen molar-refractivity contribution < 1.29 is 19.4 Å². The van der Waals surface area contributed by atoms with Gasteiger partial charge in [-0.15, -0.1) is 0 Å². The number of hydrogen-bond acceptors (Lipinski definition) is 3. The van der Waals surface area contributed by atoms with Gasteiger partial charge in [-0.3, -0.25) is 9.59 Å². The van der Waals surface area contributed by atoms with E-state index in [-0.39, 0.29) is 5.91 Å². The van der Waals surface area contributed by atoms with E-state index in [0.29, 0.717) is 37.3 Å². The van der Waals surface area contributed by atoms with Crippen LogP contribution in [0.15, 0.2) is 48.5 Å². The molecule has 0 saturated carbocycles. The Kier molecular flexibility index (Phi) is 5.61. The molecular formula is C22H25NO4. The summed E-state index contributed by atoms with van der Waals surface area (Å²) in [5.74, 6) is -1.49. The summed E-state index contributed by atoms with van der Waals surface area (Å²) in [6.45, 7) is 4.78. The quantitative estimate of drug-likeness (QED) is 0.841. The van der Waals surface area contributed by atoms with Crippen LogP contribution in [0.4, 0.5) is 5.69 Å². The average molecular weight is 367 g/mol. The first kappa shape index (κ1) is 19.1. The van der Waals surface area contributed by atoms with Crippen LogP contribution in [0, 0.1) is 6.92 Å². The van der Waals surface area contributed by atoms with E-state index < -0.39 is 17.3 Å². The van der Waals surface area contributed by atoms with E-state index in [4.69, 9.17) is 9.84 Å². The number of rotatable bonds is 5. The summed E-state index contributed by atoms with van der Waals surface area (Å²) < 4.78 is 5.52. The van der Waals surface area contributed by atoms with Gasteiger partial charge in [0, 0.05) is 18.9 Å². The van der Waals surface area contributed by atoms with E-state index >= 15 is 0 Å². The summed E-state index contributed by atoms with van der Waals surface area (Å²) in [4.78, 5) is 24.4. The number of amides is 1. The number of aliphatic carboxylic acids is 1. The highest BCUT2D eigenvalue weighted by molar-refractivity contribution is 5.99. The summed E-state index contributed by atoms with van der Waals surface area (Å²) in [7, 11) is 0. The molecule has 27 heavy (non-hydrogen) atoms. The van der Waals surface area contributed by atoms with Crippen molar-refractivity contribution in [2.75, 3.05) is 18.5 Å². The number of nitrogens with one attached hydrogen (secondary N) is 1. The van der Waals surface area contributed by atoms with Crippen molar-refractivity contribution in [3.05, 3.63) is 65.2 Å². The van der Waals surface area contributed by atoms with E-state index in [9.17, 15) is 9.59 Å². The van der Waals surface area contributed by atoms with Gasteiger partial charge in [0.15, 0.2) is 0 Å². The molecule has 0 aromatic heterocycles. The molecule has 142 valence electrons. The second-order valence-electron chi connectivity index (χ2n) is 7.15. The zero-order valence-corrected chi connectivity index (χ0v) is 15.7. The molecule has 0 spiro atoms. The Labute approximate surface area is 159 Å². The smallest absolute Gasteiger partial charge is 0.310 e. The van der Waals surface area contributed by atoms with E-state index in [1.807, 2.05) is 31.2 Å². The van der Waals surface area contributed by atoms with Gasteiger partial charge in [-0.1, -0.05) is 36.4 Å². The molecule has 1 aliphatic rings. The topological polar surface area (TPSA) is 75.6 Å². The molecule has 1 saturated heterocycles. The number of carboxylic acid groups (broad SMARTS) is 1. The van der Waals surface area contributed by atoms with Crippen LogP contribution in [0.25, 0.3) is 0 Å². The molecular weight excluding hydrogens is 342 g/mol. The zero-order valence-electron chi connectivity index (χ0n) is 15.7. The Hall–Kier alpha value is -2.66. The Balaban J connectivity index is 1.86. The lowest BCUT2D eigenvalue weighted by Gasteiger charge is -2.37. The number of carboxylic acids is 1. The summed E-state index contributed by atoms with van der Waals surface area (Å²) in [6, 6.07) is 15.0. The fourth-order valence-electron chi connectivity index (χ4n) is 3.70. The molecule has 2 aromatic carbocycles. The molecule has 1 atom stereocenters.